The van der Waals surface area contributed by atoms with Crippen molar-refractivity contribution < 1.29 is 9.21 Å². The number of carbonyl (C=O) groups is 1. The molecule has 0 bridgehead atoms. The topological polar surface area (TPSA) is 55.5 Å². The van der Waals surface area contributed by atoms with E-state index in [-0.39, 0.29) is 17.5 Å². The predicted molar refractivity (Wildman–Crippen MR) is 91.6 cm³/mol. The van der Waals surface area contributed by atoms with Crippen molar-refractivity contribution in [1.82, 2.24) is 9.47 Å². The van der Waals surface area contributed by atoms with Crippen LogP contribution in [0.5, 0.6) is 0 Å². The molecule has 1 fully saturated rings. The standard InChI is InChI=1S/C19H24N2O3/c1-14-8-12-21(16(13-14)17-7-6-15(2)24-17)19(23)9-11-20-10-4-3-5-18(20)22/h3-7,10,14,16H,8-9,11-13H2,1-2H3/t14-,16+/m0/s1. The van der Waals surface area contributed by atoms with Crippen molar-refractivity contribution in [2.75, 3.05) is 6.54 Å². The van der Waals surface area contributed by atoms with Crippen LogP contribution in [0.3, 0.4) is 0 Å². The van der Waals surface area contributed by atoms with E-state index in [9.17, 15) is 9.59 Å². The van der Waals surface area contributed by atoms with Crippen LogP contribution in [0.2, 0.25) is 0 Å². The molecule has 0 spiro atoms. The van der Waals surface area contributed by atoms with Gasteiger partial charge >= 0.3 is 0 Å². The molecule has 3 heterocycles. The van der Waals surface area contributed by atoms with Crippen LogP contribution in [0.25, 0.3) is 0 Å². The lowest BCUT2D eigenvalue weighted by Crippen LogP contribution is -2.41. The van der Waals surface area contributed by atoms with E-state index in [4.69, 9.17) is 4.42 Å². The lowest BCUT2D eigenvalue weighted by atomic mass is 9.91. The van der Waals surface area contributed by atoms with Crippen LogP contribution < -0.4 is 5.56 Å². The summed E-state index contributed by atoms with van der Waals surface area (Å²) in [6.45, 7) is 5.29. The zero-order valence-electron chi connectivity index (χ0n) is 14.3. The SMILES string of the molecule is Cc1ccc([C@H]2C[C@@H](C)CCN2C(=O)CCn2ccccc2=O)o1. The summed E-state index contributed by atoms with van der Waals surface area (Å²) < 4.78 is 7.36. The maximum atomic E-state index is 12.7. The van der Waals surface area contributed by atoms with Crippen LogP contribution in [0.4, 0.5) is 0 Å². The van der Waals surface area contributed by atoms with Gasteiger partial charge in [-0.2, -0.15) is 0 Å². The fourth-order valence-corrected chi connectivity index (χ4v) is 3.35. The molecule has 128 valence electrons. The highest BCUT2D eigenvalue weighted by Crippen LogP contribution is 2.35. The van der Waals surface area contributed by atoms with E-state index in [0.717, 1.165) is 30.9 Å². The highest BCUT2D eigenvalue weighted by Gasteiger charge is 2.32. The molecule has 1 saturated heterocycles. The number of nitrogens with zero attached hydrogens (tertiary/aromatic N) is 2. The number of piperidine rings is 1. The van der Waals surface area contributed by atoms with Gasteiger partial charge in [0.1, 0.15) is 11.5 Å². The molecule has 0 N–H and O–H groups in total. The van der Waals surface area contributed by atoms with Crippen LogP contribution in [-0.4, -0.2) is 21.9 Å². The third-order valence-electron chi connectivity index (χ3n) is 4.74. The molecule has 0 aromatic carbocycles. The van der Waals surface area contributed by atoms with E-state index < -0.39 is 0 Å². The van der Waals surface area contributed by atoms with Gasteiger partial charge in [-0.1, -0.05) is 13.0 Å². The first-order valence-electron chi connectivity index (χ1n) is 8.56. The van der Waals surface area contributed by atoms with Crippen molar-refractivity contribution in [3.8, 4) is 0 Å². The van der Waals surface area contributed by atoms with E-state index in [0.29, 0.717) is 18.9 Å². The minimum atomic E-state index is -0.0734. The Balaban J connectivity index is 1.71. The van der Waals surface area contributed by atoms with Crippen LogP contribution in [-0.2, 0) is 11.3 Å². The number of amides is 1. The molecule has 2 aromatic rings. The number of likely N-dealkylation sites (tertiary alicyclic amines) is 1. The zero-order chi connectivity index (χ0) is 17.1. The summed E-state index contributed by atoms with van der Waals surface area (Å²) in [6.07, 6.45) is 3.98. The number of pyridine rings is 1. The number of rotatable bonds is 4. The maximum Gasteiger partial charge on any atom is 0.250 e. The first-order valence-corrected chi connectivity index (χ1v) is 8.56. The van der Waals surface area contributed by atoms with Crippen LogP contribution in [0.1, 0.15) is 43.7 Å². The molecule has 0 radical (unpaired) electrons. The molecule has 5 nitrogen and oxygen atoms in total. The number of hydrogen-bond acceptors (Lipinski definition) is 3. The van der Waals surface area contributed by atoms with Crippen molar-refractivity contribution in [2.45, 2.75) is 45.7 Å². The Kier molecular flexibility index (Phi) is 4.88. The van der Waals surface area contributed by atoms with Gasteiger partial charge in [-0.25, -0.2) is 0 Å². The summed E-state index contributed by atoms with van der Waals surface area (Å²) in [4.78, 5) is 26.4. The van der Waals surface area contributed by atoms with Crippen molar-refractivity contribution in [1.29, 1.82) is 0 Å². The minimum absolute atomic E-state index is 0.00226. The van der Waals surface area contributed by atoms with Crippen molar-refractivity contribution >= 4 is 5.91 Å². The highest BCUT2D eigenvalue weighted by atomic mass is 16.3. The summed E-state index contributed by atoms with van der Waals surface area (Å²) >= 11 is 0. The third kappa shape index (κ3) is 3.61. The summed E-state index contributed by atoms with van der Waals surface area (Å²) in [7, 11) is 0. The Hall–Kier alpha value is -2.30. The lowest BCUT2D eigenvalue weighted by Gasteiger charge is -2.37. The van der Waals surface area contributed by atoms with Crippen LogP contribution in [0.15, 0.2) is 45.7 Å². The van der Waals surface area contributed by atoms with Gasteiger partial charge < -0.3 is 13.9 Å². The molecule has 1 amide bonds. The first-order chi connectivity index (χ1) is 11.5. The smallest absolute Gasteiger partial charge is 0.250 e. The van der Waals surface area contributed by atoms with Gasteiger partial charge in [0.15, 0.2) is 0 Å². The number of hydrogen-bond donors (Lipinski definition) is 0. The molecular formula is C19H24N2O3. The molecular weight excluding hydrogens is 304 g/mol. The highest BCUT2D eigenvalue weighted by molar-refractivity contribution is 5.76. The first kappa shape index (κ1) is 16.6. The van der Waals surface area contributed by atoms with Gasteiger partial charge in [0, 0.05) is 31.8 Å². The molecule has 1 aliphatic heterocycles. The summed E-state index contributed by atoms with van der Waals surface area (Å²) in [6, 6.07) is 8.95. The van der Waals surface area contributed by atoms with Gasteiger partial charge in [0.05, 0.1) is 6.04 Å². The molecule has 1 aliphatic rings. The van der Waals surface area contributed by atoms with Crippen molar-refractivity contribution in [2.24, 2.45) is 5.92 Å². The second kappa shape index (κ2) is 7.07. The maximum absolute atomic E-state index is 12.7. The Bertz CT molecular complexity index is 762. The van der Waals surface area contributed by atoms with Gasteiger partial charge in [-0.05, 0) is 43.9 Å². The summed E-state index contributed by atoms with van der Waals surface area (Å²) in [5, 5.41) is 0. The number of aromatic nitrogens is 1. The molecule has 3 rings (SSSR count). The van der Waals surface area contributed by atoms with Gasteiger partial charge in [0.25, 0.3) is 5.56 Å². The Morgan fingerprint density at radius 1 is 1.29 bits per heavy atom. The zero-order valence-corrected chi connectivity index (χ0v) is 14.3. The fraction of sp³-hybridized carbons (Fsp3) is 0.474. The molecule has 2 aromatic heterocycles. The van der Waals surface area contributed by atoms with Crippen molar-refractivity contribution in [3.63, 3.8) is 0 Å². The molecule has 2 atom stereocenters. The normalized spacial score (nSPS) is 21.0. The Morgan fingerprint density at radius 3 is 2.83 bits per heavy atom. The lowest BCUT2D eigenvalue weighted by molar-refractivity contribution is -0.136. The average molecular weight is 328 g/mol. The van der Waals surface area contributed by atoms with Gasteiger partial charge in [-0.3, -0.25) is 9.59 Å². The Labute approximate surface area is 141 Å². The number of carbonyl (C=O) groups excluding carboxylic acids is 1. The number of furan rings is 1. The number of aryl methyl sites for hydroxylation is 2. The third-order valence-corrected chi connectivity index (χ3v) is 4.74. The minimum Gasteiger partial charge on any atom is -0.464 e. The van der Waals surface area contributed by atoms with E-state index in [1.165, 1.54) is 6.07 Å². The summed E-state index contributed by atoms with van der Waals surface area (Å²) in [5.74, 6) is 2.38. The second-order valence-electron chi connectivity index (χ2n) is 6.66. The van der Waals surface area contributed by atoms with E-state index in [1.807, 2.05) is 30.0 Å². The second-order valence-corrected chi connectivity index (χ2v) is 6.66. The van der Waals surface area contributed by atoms with Gasteiger partial charge in [-0.15, -0.1) is 0 Å². The molecule has 5 heteroatoms. The van der Waals surface area contributed by atoms with Gasteiger partial charge in [0.2, 0.25) is 5.91 Å². The van der Waals surface area contributed by atoms with Crippen LogP contribution in [0, 0.1) is 12.8 Å². The molecule has 24 heavy (non-hydrogen) atoms. The van der Waals surface area contributed by atoms with E-state index in [1.54, 1.807) is 16.8 Å². The molecule has 0 aliphatic carbocycles. The quantitative estimate of drug-likeness (QED) is 0.866. The molecule has 0 unspecified atom stereocenters. The van der Waals surface area contributed by atoms with E-state index in [2.05, 4.69) is 6.92 Å². The van der Waals surface area contributed by atoms with E-state index >= 15 is 0 Å². The average Bonchev–Trinajstić information content (AvgIpc) is 3.00. The summed E-state index contributed by atoms with van der Waals surface area (Å²) in [5.41, 5.74) is -0.0734. The van der Waals surface area contributed by atoms with Crippen molar-refractivity contribution in [3.05, 3.63) is 58.4 Å². The predicted octanol–water partition coefficient (Wildman–Crippen LogP) is 3.14. The molecule has 0 saturated carbocycles. The fourth-order valence-electron chi connectivity index (χ4n) is 3.35. The Morgan fingerprint density at radius 2 is 2.12 bits per heavy atom. The monoisotopic (exact) mass is 328 g/mol. The largest absolute Gasteiger partial charge is 0.464 e. The van der Waals surface area contributed by atoms with Crippen LogP contribution >= 0.6 is 0 Å².